The van der Waals surface area contributed by atoms with Gasteiger partial charge < -0.3 is 10.6 Å². The first-order valence-electron chi connectivity index (χ1n) is 11.8. The number of anilines is 1. The van der Waals surface area contributed by atoms with Gasteiger partial charge in [0, 0.05) is 25.2 Å². The summed E-state index contributed by atoms with van der Waals surface area (Å²) in [6.07, 6.45) is 4.33. The van der Waals surface area contributed by atoms with E-state index in [0.717, 1.165) is 22.9 Å². The predicted octanol–water partition coefficient (Wildman–Crippen LogP) is 3.25. The van der Waals surface area contributed by atoms with E-state index < -0.39 is 0 Å². The lowest BCUT2D eigenvalue weighted by molar-refractivity contribution is -0.123. The zero-order valence-electron chi connectivity index (χ0n) is 20.0. The van der Waals surface area contributed by atoms with Crippen molar-refractivity contribution in [2.24, 2.45) is 11.7 Å². The number of amides is 2. The number of halogens is 1. The second kappa shape index (κ2) is 10.1. The molecule has 5 rings (SSSR count). The number of aromatic nitrogens is 2. The Morgan fingerprint density at radius 1 is 1.22 bits per heavy atom. The molecule has 11 heteroatoms. The third-order valence-corrected chi connectivity index (χ3v) is 8.04. The fourth-order valence-electron chi connectivity index (χ4n) is 4.58. The van der Waals surface area contributed by atoms with Crippen molar-refractivity contribution < 1.29 is 14.0 Å². The van der Waals surface area contributed by atoms with Gasteiger partial charge in [0.15, 0.2) is 0 Å². The molecule has 2 aromatic heterocycles. The smallest absolute Gasteiger partial charge is 0.267 e. The second-order valence-electron chi connectivity index (χ2n) is 9.10. The normalized spacial score (nSPS) is 17.8. The van der Waals surface area contributed by atoms with Gasteiger partial charge in [-0.25, -0.2) is 9.37 Å². The highest BCUT2D eigenvalue weighted by Gasteiger charge is 2.33. The van der Waals surface area contributed by atoms with Gasteiger partial charge in [0.05, 0.1) is 17.0 Å². The van der Waals surface area contributed by atoms with Crippen LogP contribution < -0.4 is 16.2 Å². The van der Waals surface area contributed by atoms with Crippen LogP contribution in [-0.4, -0.2) is 43.5 Å². The molecule has 0 saturated carbocycles. The van der Waals surface area contributed by atoms with Crippen molar-refractivity contribution in [3.8, 4) is 0 Å². The molecule has 1 aromatic carbocycles. The molecular formula is C26H24FN5O3S2. The number of nitrogens with zero attached hydrogens (tertiary/aromatic N) is 4. The van der Waals surface area contributed by atoms with Gasteiger partial charge in [-0.2, -0.15) is 0 Å². The molecule has 2 fully saturated rings. The number of hydrogen-bond donors (Lipinski definition) is 1. The molecule has 2 aliphatic rings. The number of primary amides is 1. The van der Waals surface area contributed by atoms with Crippen LogP contribution in [0.3, 0.4) is 0 Å². The van der Waals surface area contributed by atoms with E-state index in [9.17, 15) is 18.8 Å². The molecule has 0 spiro atoms. The first-order valence-corrected chi connectivity index (χ1v) is 13.0. The molecule has 4 heterocycles. The van der Waals surface area contributed by atoms with E-state index >= 15 is 0 Å². The maximum absolute atomic E-state index is 13.7. The summed E-state index contributed by atoms with van der Waals surface area (Å²) < 4.78 is 15.1. The summed E-state index contributed by atoms with van der Waals surface area (Å²) in [7, 11) is 0. The third kappa shape index (κ3) is 4.88. The summed E-state index contributed by atoms with van der Waals surface area (Å²) in [6, 6.07) is 9.53. The average molecular weight is 538 g/mol. The fraction of sp³-hybridized carbons (Fsp3) is 0.269. The molecule has 0 unspecified atom stereocenters. The topological polar surface area (TPSA) is 101 Å². The number of hydrogen-bond acceptors (Lipinski definition) is 7. The number of benzene rings is 1. The van der Waals surface area contributed by atoms with Crippen molar-refractivity contribution in [2.45, 2.75) is 26.3 Å². The van der Waals surface area contributed by atoms with Gasteiger partial charge in [-0.15, -0.1) is 0 Å². The van der Waals surface area contributed by atoms with Gasteiger partial charge in [-0.1, -0.05) is 42.2 Å². The molecule has 2 amide bonds. The van der Waals surface area contributed by atoms with Crippen molar-refractivity contribution in [3.05, 3.63) is 80.4 Å². The second-order valence-corrected chi connectivity index (χ2v) is 10.8. The Morgan fingerprint density at radius 2 is 1.92 bits per heavy atom. The van der Waals surface area contributed by atoms with Crippen LogP contribution in [0.5, 0.6) is 0 Å². The lowest BCUT2D eigenvalue weighted by Gasteiger charge is -2.32. The van der Waals surface area contributed by atoms with Crippen molar-refractivity contribution in [1.29, 1.82) is 0 Å². The van der Waals surface area contributed by atoms with Crippen molar-refractivity contribution in [1.82, 2.24) is 14.3 Å². The number of piperidine rings is 1. The van der Waals surface area contributed by atoms with Crippen molar-refractivity contribution in [3.63, 3.8) is 0 Å². The standard InChI is InChI=1S/C26H24FN5O3S2/c1-15-3-2-10-31-22(15)29-23(30-11-8-17(9-12-30)21(28)33)19(24(31)34)13-20-25(35)32(26(36)37-20)14-16-4-6-18(27)7-5-16/h2-7,10,13,17H,8-9,11-12,14H2,1H3,(H2,28,33)/b20-13+. The quantitative estimate of drug-likeness (QED) is 0.394. The molecule has 0 aliphatic carbocycles. The highest BCUT2D eigenvalue weighted by Crippen LogP contribution is 2.35. The molecule has 8 nitrogen and oxygen atoms in total. The molecule has 2 aliphatic heterocycles. The maximum atomic E-state index is 13.7. The van der Waals surface area contributed by atoms with Gasteiger partial charge in [0.25, 0.3) is 11.5 Å². The number of nitrogens with two attached hydrogens (primary N) is 1. The Balaban J connectivity index is 1.54. The Labute approximate surface area is 222 Å². The fourth-order valence-corrected chi connectivity index (χ4v) is 5.82. The molecule has 2 N–H and O–H groups in total. The van der Waals surface area contributed by atoms with Gasteiger partial charge in [-0.05, 0) is 55.2 Å². The summed E-state index contributed by atoms with van der Waals surface area (Å²) in [6.45, 7) is 3.10. The van der Waals surface area contributed by atoms with E-state index in [2.05, 4.69) is 0 Å². The van der Waals surface area contributed by atoms with E-state index in [4.69, 9.17) is 22.9 Å². The zero-order valence-corrected chi connectivity index (χ0v) is 21.7. The van der Waals surface area contributed by atoms with Crippen LogP contribution >= 0.6 is 24.0 Å². The summed E-state index contributed by atoms with van der Waals surface area (Å²) in [5.41, 5.74) is 7.58. The Morgan fingerprint density at radius 3 is 2.59 bits per heavy atom. The summed E-state index contributed by atoms with van der Waals surface area (Å²) in [5, 5.41) is 0. The molecule has 190 valence electrons. The van der Waals surface area contributed by atoms with Gasteiger partial charge in [0.1, 0.15) is 21.6 Å². The summed E-state index contributed by atoms with van der Waals surface area (Å²) in [5.74, 6) is -0.767. The van der Waals surface area contributed by atoms with E-state index in [1.165, 1.54) is 21.4 Å². The summed E-state index contributed by atoms with van der Waals surface area (Å²) in [4.78, 5) is 47.2. The Kier molecular flexibility index (Phi) is 6.82. The largest absolute Gasteiger partial charge is 0.369 e. The first-order chi connectivity index (χ1) is 17.7. The molecule has 3 aromatic rings. The summed E-state index contributed by atoms with van der Waals surface area (Å²) >= 11 is 6.57. The highest BCUT2D eigenvalue weighted by molar-refractivity contribution is 8.26. The third-order valence-electron chi connectivity index (χ3n) is 6.66. The number of carbonyl (C=O) groups excluding carboxylic acids is 2. The molecular weight excluding hydrogens is 513 g/mol. The van der Waals surface area contributed by atoms with Crippen LogP contribution in [0.15, 0.2) is 52.3 Å². The first kappa shape index (κ1) is 25.1. The van der Waals surface area contributed by atoms with Gasteiger partial charge in [-0.3, -0.25) is 23.7 Å². The molecule has 2 saturated heterocycles. The lowest BCUT2D eigenvalue weighted by atomic mass is 9.96. The highest BCUT2D eigenvalue weighted by atomic mass is 32.2. The van der Waals surface area contributed by atoms with Crippen LogP contribution in [-0.2, 0) is 16.1 Å². The van der Waals surface area contributed by atoms with Gasteiger partial charge >= 0.3 is 0 Å². The SMILES string of the molecule is Cc1cccn2c(=O)c(/C=C3/SC(=S)N(Cc4ccc(F)cc4)C3=O)c(N3CCC(C(N)=O)CC3)nc12. The minimum Gasteiger partial charge on any atom is -0.369 e. The van der Waals surface area contributed by atoms with E-state index in [0.29, 0.717) is 46.6 Å². The number of fused-ring (bicyclic) bond motifs is 1. The Bertz CT molecular complexity index is 1510. The van der Waals surface area contributed by atoms with Crippen LogP contribution in [0.4, 0.5) is 10.2 Å². The van der Waals surface area contributed by atoms with Crippen LogP contribution in [0.1, 0.15) is 29.5 Å². The number of thioether (sulfide) groups is 1. The van der Waals surface area contributed by atoms with Crippen molar-refractivity contribution >= 4 is 57.7 Å². The van der Waals surface area contributed by atoms with Crippen LogP contribution in [0.2, 0.25) is 0 Å². The predicted molar refractivity (Wildman–Crippen MR) is 145 cm³/mol. The number of rotatable bonds is 5. The number of aryl methyl sites for hydroxylation is 1. The van der Waals surface area contributed by atoms with E-state index in [1.807, 2.05) is 17.9 Å². The average Bonchev–Trinajstić information content (AvgIpc) is 3.14. The van der Waals surface area contributed by atoms with Crippen LogP contribution in [0.25, 0.3) is 11.7 Å². The minimum atomic E-state index is -0.360. The molecule has 37 heavy (non-hydrogen) atoms. The van der Waals surface area contributed by atoms with Crippen LogP contribution in [0, 0.1) is 18.7 Å². The number of pyridine rings is 1. The minimum absolute atomic E-state index is 0.198. The van der Waals surface area contributed by atoms with Gasteiger partial charge in [0.2, 0.25) is 5.91 Å². The number of thiocarbonyl (C=S) groups is 1. The monoisotopic (exact) mass is 537 g/mol. The lowest BCUT2D eigenvalue weighted by Crippen LogP contribution is -2.40. The van der Waals surface area contributed by atoms with E-state index in [1.54, 1.807) is 30.5 Å². The van der Waals surface area contributed by atoms with Crippen molar-refractivity contribution in [2.75, 3.05) is 18.0 Å². The Hall–Kier alpha value is -3.57. The molecule has 0 bridgehead atoms. The maximum Gasteiger partial charge on any atom is 0.267 e. The van der Waals surface area contributed by atoms with E-state index in [-0.39, 0.29) is 41.2 Å². The zero-order chi connectivity index (χ0) is 26.3. The number of carbonyl (C=O) groups is 2. The molecule has 0 atom stereocenters. The molecule has 0 radical (unpaired) electrons.